The smallest absolute Gasteiger partial charge is 0.307 e. The summed E-state index contributed by atoms with van der Waals surface area (Å²) in [5.41, 5.74) is 0.659. The molecule has 1 aromatic rings. The fraction of sp³-hybridized carbons (Fsp3) is 0.429. The highest BCUT2D eigenvalue weighted by Crippen LogP contribution is 2.18. The monoisotopic (exact) mass is 325 g/mol. The highest BCUT2D eigenvalue weighted by molar-refractivity contribution is 9.10. The second kappa shape index (κ2) is 6.30. The Morgan fingerprint density at radius 2 is 2.21 bits per heavy atom. The van der Waals surface area contributed by atoms with E-state index in [1.807, 2.05) is 17.0 Å². The maximum atomic E-state index is 12.1. The average molecular weight is 326 g/mol. The number of likely N-dealkylation sites (tertiary alicyclic amines) is 1. The lowest BCUT2D eigenvalue weighted by Gasteiger charge is -2.29. The third kappa shape index (κ3) is 3.88. The van der Waals surface area contributed by atoms with Gasteiger partial charge in [-0.1, -0.05) is 28.1 Å². The molecule has 0 bridgehead atoms. The van der Waals surface area contributed by atoms with Gasteiger partial charge in [0, 0.05) is 16.6 Å². The first-order valence-corrected chi connectivity index (χ1v) is 7.09. The summed E-state index contributed by atoms with van der Waals surface area (Å²) in [4.78, 5) is 25.1. The lowest BCUT2D eigenvalue weighted by molar-refractivity contribution is -0.143. The molecule has 0 saturated carbocycles. The van der Waals surface area contributed by atoms with Crippen molar-refractivity contribution >= 4 is 27.7 Å². The van der Waals surface area contributed by atoms with Crippen LogP contribution in [-0.2, 0) is 4.79 Å². The number of carbonyl (C=O) groups excluding carboxylic acids is 1. The van der Waals surface area contributed by atoms with Crippen LogP contribution in [0.15, 0.2) is 28.7 Å². The van der Waals surface area contributed by atoms with Crippen LogP contribution >= 0.6 is 15.9 Å². The van der Waals surface area contributed by atoms with Crippen LogP contribution in [-0.4, -0.2) is 41.4 Å². The minimum Gasteiger partial charge on any atom is -0.481 e. The van der Waals surface area contributed by atoms with E-state index in [1.165, 1.54) is 0 Å². The first-order valence-electron chi connectivity index (χ1n) is 6.30. The minimum atomic E-state index is -0.764. The topological polar surface area (TPSA) is 57.6 Å². The summed E-state index contributed by atoms with van der Waals surface area (Å²) in [6.45, 7) is 1.55. The lowest BCUT2D eigenvalue weighted by Crippen LogP contribution is -2.41. The molecule has 0 aromatic heterocycles. The zero-order valence-corrected chi connectivity index (χ0v) is 12.1. The van der Waals surface area contributed by atoms with Gasteiger partial charge >= 0.3 is 5.97 Å². The van der Waals surface area contributed by atoms with Crippen LogP contribution in [0.2, 0.25) is 0 Å². The van der Waals surface area contributed by atoms with E-state index in [9.17, 15) is 9.59 Å². The second-order valence-corrected chi connectivity index (χ2v) is 5.76. The highest BCUT2D eigenvalue weighted by Gasteiger charge is 2.26. The molecule has 1 saturated heterocycles. The van der Waals surface area contributed by atoms with Gasteiger partial charge in [-0.05, 0) is 31.5 Å². The molecule has 19 heavy (non-hydrogen) atoms. The van der Waals surface area contributed by atoms with Crippen molar-refractivity contribution in [3.8, 4) is 0 Å². The molecule has 1 heterocycles. The van der Waals surface area contributed by atoms with Gasteiger partial charge in [-0.25, -0.2) is 0 Å². The molecule has 0 amide bonds. The van der Waals surface area contributed by atoms with Gasteiger partial charge < -0.3 is 5.11 Å². The molecule has 1 atom stereocenters. The van der Waals surface area contributed by atoms with E-state index in [0.29, 0.717) is 25.1 Å². The first kappa shape index (κ1) is 14.2. The summed E-state index contributed by atoms with van der Waals surface area (Å²) in [5.74, 6) is -1.07. The third-order valence-corrected chi connectivity index (χ3v) is 3.86. The molecule has 1 aromatic carbocycles. The molecular formula is C14H16BrNO3. The van der Waals surface area contributed by atoms with Gasteiger partial charge in [0.05, 0.1) is 12.5 Å². The van der Waals surface area contributed by atoms with Crippen molar-refractivity contribution in [2.24, 2.45) is 5.92 Å². The lowest BCUT2D eigenvalue weighted by atomic mass is 9.98. The van der Waals surface area contributed by atoms with Crippen molar-refractivity contribution in [1.29, 1.82) is 0 Å². The summed E-state index contributed by atoms with van der Waals surface area (Å²) >= 11 is 3.34. The number of aliphatic carboxylic acids is 1. The van der Waals surface area contributed by atoms with Crippen molar-refractivity contribution in [3.63, 3.8) is 0 Å². The number of hydrogen-bond donors (Lipinski definition) is 1. The number of halogens is 1. The Balaban J connectivity index is 1.97. The predicted octanol–water partition coefficient (Wildman–Crippen LogP) is 2.43. The van der Waals surface area contributed by atoms with E-state index in [0.717, 1.165) is 17.4 Å². The third-order valence-electron chi connectivity index (χ3n) is 3.37. The number of rotatable bonds is 4. The number of carboxylic acid groups (broad SMARTS) is 1. The molecule has 2 rings (SSSR count). The Labute approximate surface area is 120 Å². The zero-order chi connectivity index (χ0) is 13.8. The minimum absolute atomic E-state index is 0.0346. The summed E-state index contributed by atoms with van der Waals surface area (Å²) in [6, 6.07) is 7.28. The summed E-state index contributed by atoms with van der Waals surface area (Å²) in [5, 5.41) is 9.03. The van der Waals surface area contributed by atoms with E-state index < -0.39 is 5.97 Å². The fourth-order valence-corrected chi connectivity index (χ4v) is 2.76. The number of carboxylic acids is 1. The molecule has 1 aliphatic heterocycles. The van der Waals surface area contributed by atoms with Crippen LogP contribution in [0.3, 0.4) is 0 Å². The van der Waals surface area contributed by atoms with Crippen molar-refractivity contribution < 1.29 is 14.7 Å². The van der Waals surface area contributed by atoms with Gasteiger partial charge in [-0.3, -0.25) is 14.5 Å². The van der Waals surface area contributed by atoms with Crippen LogP contribution in [0.5, 0.6) is 0 Å². The Hall–Kier alpha value is -1.20. The van der Waals surface area contributed by atoms with E-state index >= 15 is 0 Å². The molecule has 4 nitrogen and oxygen atoms in total. The molecule has 1 N–H and O–H groups in total. The van der Waals surface area contributed by atoms with Crippen LogP contribution < -0.4 is 0 Å². The number of piperidine rings is 1. The number of hydrogen-bond acceptors (Lipinski definition) is 3. The molecule has 0 aliphatic carbocycles. The molecule has 1 fully saturated rings. The van der Waals surface area contributed by atoms with Crippen LogP contribution in [0.4, 0.5) is 0 Å². The quantitative estimate of drug-likeness (QED) is 0.864. The van der Waals surface area contributed by atoms with E-state index in [4.69, 9.17) is 5.11 Å². The molecule has 0 radical (unpaired) electrons. The first-order chi connectivity index (χ1) is 9.06. The summed E-state index contributed by atoms with van der Waals surface area (Å²) in [6.07, 6.45) is 1.54. The van der Waals surface area contributed by atoms with Crippen molar-refractivity contribution in [3.05, 3.63) is 34.3 Å². The maximum Gasteiger partial charge on any atom is 0.307 e. The molecule has 0 spiro atoms. The standard InChI is InChI=1S/C14H16BrNO3/c15-12-5-1-3-10(7-12)13(17)9-16-6-2-4-11(8-16)14(18)19/h1,3,5,7,11H,2,4,6,8-9H2,(H,18,19). The van der Waals surface area contributed by atoms with Crippen LogP contribution in [0.25, 0.3) is 0 Å². The van der Waals surface area contributed by atoms with Crippen LogP contribution in [0.1, 0.15) is 23.2 Å². The number of benzene rings is 1. The van der Waals surface area contributed by atoms with Crippen molar-refractivity contribution in [2.75, 3.05) is 19.6 Å². The predicted molar refractivity (Wildman–Crippen MR) is 75.3 cm³/mol. The van der Waals surface area contributed by atoms with E-state index in [1.54, 1.807) is 12.1 Å². The van der Waals surface area contributed by atoms with Crippen LogP contribution in [0, 0.1) is 5.92 Å². The van der Waals surface area contributed by atoms with Gasteiger partial charge in [0.15, 0.2) is 5.78 Å². The second-order valence-electron chi connectivity index (χ2n) is 4.85. The molecule has 1 unspecified atom stereocenters. The SMILES string of the molecule is O=C(CN1CCCC(C(=O)O)C1)c1cccc(Br)c1. The van der Waals surface area contributed by atoms with Gasteiger partial charge in [0.25, 0.3) is 0 Å². The number of ketones is 1. The average Bonchev–Trinajstić information content (AvgIpc) is 2.39. The summed E-state index contributed by atoms with van der Waals surface area (Å²) < 4.78 is 0.875. The molecular weight excluding hydrogens is 310 g/mol. The molecule has 102 valence electrons. The molecule has 5 heteroatoms. The Morgan fingerprint density at radius 3 is 2.89 bits per heavy atom. The number of Topliss-reactive ketones (excluding diaryl/α,β-unsaturated/α-hetero) is 1. The van der Waals surface area contributed by atoms with Gasteiger partial charge in [-0.2, -0.15) is 0 Å². The Bertz CT molecular complexity index is 489. The number of carbonyl (C=O) groups is 2. The normalized spacial score (nSPS) is 20.2. The van der Waals surface area contributed by atoms with Gasteiger partial charge in [0.2, 0.25) is 0 Å². The number of nitrogens with zero attached hydrogens (tertiary/aromatic N) is 1. The van der Waals surface area contributed by atoms with Gasteiger partial charge in [0.1, 0.15) is 0 Å². The molecule has 1 aliphatic rings. The highest BCUT2D eigenvalue weighted by atomic mass is 79.9. The maximum absolute atomic E-state index is 12.1. The fourth-order valence-electron chi connectivity index (χ4n) is 2.36. The van der Waals surface area contributed by atoms with Crippen molar-refractivity contribution in [2.45, 2.75) is 12.8 Å². The Morgan fingerprint density at radius 1 is 1.42 bits per heavy atom. The Kier molecular flexibility index (Phi) is 4.71. The zero-order valence-electron chi connectivity index (χ0n) is 10.5. The largest absolute Gasteiger partial charge is 0.481 e. The summed E-state index contributed by atoms with van der Waals surface area (Å²) in [7, 11) is 0. The van der Waals surface area contributed by atoms with E-state index in [-0.39, 0.29) is 11.7 Å². The van der Waals surface area contributed by atoms with Gasteiger partial charge in [-0.15, -0.1) is 0 Å². The van der Waals surface area contributed by atoms with E-state index in [2.05, 4.69) is 15.9 Å². The van der Waals surface area contributed by atoms with Crippen molar-refractivity contribution in [1.82, 2.24) is 4.90 Å².